The smallest absolute Gasteiger partial charge is 0.324 e. The van der Waals surface area contributed by atoms with E-state index in [0.29, 0.717) is 16.8 Å². The van der Waals surface area contributed by atoms with E-state index in [9.17, 15) is 19.2 Å². The standard InChI is InChI=1S/C23H21N5O4/c1-14(29)16-10-7-11-17(12-16)25-21(30)18(15-8-5-4-6-9-15)28-13-24-20-19(28)22(31)27(3)23(32)26(20)2/h4-13,18H,1-3H3,(H,25,30)/t18-/m0/s1. The number of hydrogen-bond donors (Lipinski definition) is 1. The molecule has 0 radical (unpaired) electrons. The Morgan fingerprint density at radius 3 is 2.38 bits per heavy atom. The SMILES string of the molecule is CC(=O)c1cccc(NC(=O)[C@H](c2ccccc2)n2cnc3c2c(=O)n(C)c(=O)n3C)c1. The predicted octanol–water partition coefficient (Wildman–Crippen LogP) is 1.86. The molecule has 0 saturated heterocycles. The number of ketones is 1. The van der Waals surface area contributed by atoms with Crippen molar-refractivity contribution in [3.63, 3.8) is 0 Å². The molecule has 0 aliphatic carbocycles. The molecular formula is C23H21N5O4. The summed E-state index contributed by atoms with van der Waals surface area (Å²) in [5.41, 5.74) is 0.816. The number of rotatable bonds is 5. The molecule has 0 aliphatic rings. The number of nitrogens with zero attached hydrogens (tertiary/aromatic N) is 4. The Kier molecular flexibility index (Phi) is 5.31. The first kappa shape index (κ1) is 21.0. The van der Waals surface area contributed by atoms with Crippen molar-refractivity contribution in [1.29, 1.82) is 0 Å². The first-order chi connectivity index (χ1) is 15.3. The Hall–Kier alpha value is -4.27. The van der Waals surface area contributed by atoms with Crippen LogP contribution >= 0.6 is 0 Å². The second-order valence-electron chi connectivity index (χ2n) is 7.47. The van der Waals surface area contributed by atoms with Gasteiger partial charge >= 0.3 is 5.69 Å². The van der Waals surface area contributed by atoms with Crippen LogP contribution in [0, 0.1) is 0 Å². The summed E-state index contributed by atoms with van der Waals surface area (Å²) in [7, 11) is 2.90. The van der Waals surface area contributed by atoms with Gasteiger partial charge in [-0.15, -0.1) is 0 Å². The fourth-order valence-electron chi connectivity index (χ4n) is 3.66. The van der Waals surface area contributed by atoms with Gasteiger partial charge in [0, 0.05) is 25.3 Å². The van der Waals surface area contributed by atoms with Gasteiger partial charge in [0.1, 0.15) is 6.04 Å². The van der Waals surface area contributed by atoms with E-state index >= 15 is 0 Å². The van der Waals surface area contributed by atoms with E-state index in [1.807, 2.05) is 6.07 Å². The van der Waals surface area contributed by atoms with Gasteiger partial charge in [-0.2, -0.15) is 0 Å². The minimum absolute atomic E-state index is 0.120. The van der Waals surface area contributed by atoms with Crippen molar-refractivity contribution in [3.05, 3.63) is 92.9 Å². The number of carbonyl (C=O) groups is 2. The third-order valence-electron chi connectivity index (χ3n) is 5.35. The van der Waals surface area contributed by atoms with Crippen molar-refractivity contribution < 1.29 is 9.59 Å². The zero-order valence-corrected chi connectivity index (χ0v) is 17.8. The number of hydrogen-bond acceptors (Lipinski definition) is 5. The van der Waals surface area contributed by atoms with Crippen LogP contribution in [0.4, 0.5) is 5.69 Å². The van der Waals surface area contributed by atoms with Gasteiger partial charge in [0.2, 0.25) is 0 Å². The minimum atomic E-state index is -0.938. The van der Waals surface area contributed by atoms with E-state index in [4.69, 9.17) is 0 Å². The lowest BCUT2D eigenvalue weighted by atomic mass is 10.1. The molecule has 2 heterocycles. The Balaban J connectivity index is 1.88. The molecule has 2 aromatic carbocycles. The zero-order chi connectivity index (χ0) is 23.0. The lowest BCUT2D eigenvalue weighted by molar-refractivity contribution is -0.118. The third kappa shape index (κ3) is 3.53. The molecule has 0 unspecified atom stereocenters. The van der Waals surface area contributed by atoms with E-state index in [-0.39, 0.29) is 16.9 Å². The van der Waals surface area contributed by atoms with Crippen LogP contribution in [0.2, 0.25) is 0 Å². The molecule has 9 nitrogen and oxygen atoms in total. The molecule has 2 aromatic heterocycles. The summed E-state index contributed by atoms with van der Waals surface area (Å²) in [4.78, 5) is 54.6. The van der Waals surface area contributed by atoms with Crippen molar-refractivity contribution >= 4 is 28.5 Å². The van der Waals surface area contributed by atoms with Crippen LogP contribution in [-0.4, -0.2) is 30.4 Å². The lowest BCUT2D eigenvalue weighted by Crippen LogP contribution is -2.38. The van der Waals surface area contributed by atoms with Crippen LogP contribution in [-0.2, 0) is 18.9 Å². The van der Waals surface area contributed by atoms with Gasteiger partial charge < -0.3 is 9.88 Å². The average Bonchev–Trinajstić information content (AvgIpc) is 3.22. The fourth-order valence-corrected chi connectivity index (χ4v) is 3.66. The Labute approximate surface area is 182 Å². The van der Waals surface area contributed by atoms with Crippen molar-refractivity contribution in [3.8, 4) is 0 Å². The molecular weight excluding hydrogens is 410 g/mol. The number of carbonyl (C=O) groups excluding carboxylic acids is 2. The van der Waals surface area contributed by atoms with E-state index in [2.05, 4.69) is 10.3 Å². The highest BCUT2D eigenvalue weighted by Gasteiger charge is 2.27. The maximum Gasteiger partial charge on any atom is 0.332 e. The van der Waals surface area contributed by atoms with E-state index in [1.165, 1.54) is 36.5 Å². The van der Waals surface area contributed by atoms with Gasteiger partial charge in [-0.1, -0.05) is 42.5 Å². The monoisotopic (exact) mass is 431 g/mol. The summed E-state index contributed by atoms with van der Waals surface area (Å²) in [6, 6.07) is 14.6. The van der Waals surface area contributed by atoms with Crippen molar-refractivity contribution in [2.75, 3.05) is 5.32 Å². The normalized spacial score (nSPS) is 12.0. The summed E-state index contributed by atoms with van der Waals surface area (Å²) in [6.45, 7) is 1.45. The second-order valence-corrected chi connectivity index (χ2v) is 7.47. The molecule has 4 aromatic rings. The van der Waals surface area contributed by atoms with Gasteiger partial charge in [-0.05, 0) is 24.6 Å². The topological polar surface area (TPSA) is 108 Å². The van der Waals surface area contributed by atoms with E-state index < -0.39 is 23.2 Å². The second kappa shape index (κ2) is 8.10. The minimum Gasteiger partial charge on any atom is -0.324 e. The maximum absolute atomic E-state index is 13.5. The molecule has 0 aliphatic heterocycles. The fraction of sp³-hybridized carbons (Fsp3) is 0.174. The number of Topliss-reactive ketones (excluding diaryl/α,β-unsaturated/α-hetero) is 1. The first-order valence-corrected chi connectivity index (χ1v) is 9.89. The summed E-state index contributed by atoms with van der Waals surface area (Å²) >= 11 is 0. The zero-order valence-electron chi connectivity index (χ0n) is 17.8. The molecule has 0 saturated carbocycles. The largest absolute Gasteiger partial charge is 0.332 e. The average molecular weight is 431 g/mol. The highest BCUT2D eigenvalue weighted by Crippen LogP contribution is 2.24. The van der Waals surface area contributed by atoms with Crippen molar-refractivity contribution in [2.24, 2.45) is 14.1 Å². The summed E-state index contributed by atoms with van der Waals surface area (Å²) in [5.74, 6) is -0.544. The molecule has 1 N–H and O–H groups in total. The molecule has 32 heavy (non-hydrogen) atoms. The predicted molar refractivity (Wildman–Crippen MR) is 120 cm³/mol. The Morgan fingerprint density at radius 2 is 1.69 bits per heavy atom. The highest BCUT2D eigenvalue weighted by molar-refractivity contribution is 5.99. The number of fused-ring (bicyclic) bond motifs is 1. The van der Waals surface area contributed by atoms with Crippen LogP contribution in [0.5, 0.6) is 0 Å². The maximum atomic E-state index is 13.5. The highest BCUT2D eigenvalue weighted by atomic mass is 16.2. The summed E-state index contributed by atoms with van der Waals surface area (Å²) < 4.78 is 3.72. The number of imidazole rings is 1. The lowest BCUT2D eigenvalue weighted by Gasteiger charge is -2.20. The van der Waals surface area contributed by atoms with E-state index in [0.717, 1.165) is 4.57 Å². The van der Waals surface area contributed by atoms with Gasteiger partial charge in [0.15, 0.2) is 16.9 Å². The Morgan fingerprint density at radius 1 is 0.969 bits per heavy atom. The van der Waals surface area contributed by atoms with Gasteiger partial charge in [-0.25, -0.2) is 9.78 Å². The number of aromatic nitrogens is 4. The quantitative estimate of drug-likeness (QED) is 0.486. The van der Waals surface area contributed by atoms with Crippen LogP contribution in [0.25, 0.3) is 11.2 Å². The molecule has 9 heteroatoms. The molecule has 162 valence electrons. The van der Waals surface area contributed by atoms with Crippen molar-refractivity contribution in [1.82, 2.24) is 18.7 Å². The molecule has 4 rings (SSSR count). The molecule has 1 amide bonds. The van der Waals surface area contributed by atoms with Crippen LogP contribution in [0.15, 0.2) is 70.5 Å². The van der Waals surface area contributed by atoms with Gasteiger partial charge in [-0.3, -0.25) is 23.5 Å². The number of amides is 1. The van der Waals surface area contributed by atoms with Gasteiger partial charge in [0.05, 0.1) is 6.33 Å². The molecule has 0 fully saturated rings. The number of benzene rings is 2. The van der Waals surface area contributed by atoms with Crippen LogP contribution in [0.1, 0.15) is 28.9 Å². The summed E-state index contributed by atoms with van der Waals surface area (Å²) in [5, 5.41) is 2.83. The number of nitrogens with one attached hydrogen (secondary N) is 1. The first-order valence-electron chi connectivity index (χ1n) is 9.89. The number of aryl methyl sites for hydroxylation is 1. The van der Waals surface area contributed by atoms with E-state index in [1.54, 1.807) is 48.5 Å². The Bertz CT molecular complexity index is 1460. The van der Waals surface area contributed by atoms with Crippen LogP contribution in [0.3, 0.4) is 0 Å². The number of anilines is 1. The molecule has 0 spiro atoms. The van der Waals surface area contributed by atoms with Crippen molar-refractivity contribution in [2.45, 2.75) is 13.0 Å². The molecule has 1 atom stereocenters. The van der Waals surface area contributed by atoms with Gasteiger partial charge in [0.25, 0.3) is 11.5 Å². The third-order valence-corrected chi connectivity index (χ3v) is 5.35. The molecule has 0 bridgehead atoms. The summed E-state index contributed by atoms with van der Waals surface area (Å²) in [6.07, 6.45) is 1.38. The van der Waals surface area contributed by atoms with Crippen LogP contribution < -0.4 is 16.6 Å².